The van der Waals surface area contributed by atoms with Crippen LogP contribution in [0, 0.1) is 20.8 Å². The molecule has 1 amide bonds. The maximum atomic E-state index is 12.5. The van der Waals surface area contributed by atoms with Crippen LogP contribution in [0.3, 0.4) is 0 Å². The summed E-state index contributed by atoms with van der Waals surface area (Å²) in [6.45, 7) is 5.93. The molecule has 0 aliphatic heterocycles. The van der Waals surface area contributed by atoms with Crippen molar-refractivity contribution >= 4 is 11.6 Å². The van der Waals surface area contributed by atoms with E-state index in [1.54, 1.807) is 10.9 Å². The lowest BCUT2D eigenvalue weighted by Gasteiger charge is -2.09. The number of pyridine rings is 1. The molecule has 5 heteroatoms. The number of benzene rings is 1. The lowest BCUT2D eigenvalue weighted by Crippen LogP contribution is -2.14. The van der Waals surface area contributed by atoms with E-state index in [1.165, 1.54) is 0 Å². The molecule has 1 N–H and O–H groups in total. The minimum Gasteiger partial charge on any atom is -0.321 e. The van der Waals surface area contributed by atoms with Gasteiger partial charge in [-0.25, -0.2) is 0 Å². The number of carbonyl (C=O) groups excluding carboxylic acids is 1. The molecule has 1 aromatic carbocycles. The Morgan fingerprint density at radius 3 is 2.58 bits per heavy atom. The number of carbonyl (C=O) groups is 1. The van der Waals surface area contributed by atoms with Crippen LogP contribution in [0.15, 0.2) is 42.7 Å². The SMILES string of the molecule is Cc1cccc(NC(=O)c2cc(-c3cn(C)nc3C)c(C)cn2)c1. The zero-order chi connectivity index (χ0) is 17.3. The van der Waals surface area contributed by atoms with E-state index in [0.29, 0.717) is 5.69 Å². The van der Waals surface area contributed by atoms with Crippen LogP contribution in [0.1, 0.15) is 27.3 Å². The van der Waals surface area contributed by atoms with Gasteiger partial charge < -0.3 is 5.32 Å². The van der Waals surface area contributed by atoms with Crippen LogP contribution in [0.4, 0.5) is 5.69 Å². The topological polar surface area (TPSA) is 59.8 Å². The summed E-state index contributed by atoms with van der Waals surface area (Å²) in [6.07, 6.45) is 3.69. The lowest BCUT2D eigenvalue weighted by molar-refractivity contribution is 0.102. The third-order valence-corrected chi connectivity index (χ3v) is 3.92. The summed E-state index contributed by atoms with van der Waals surface area (Å²) in [7, 11) is 1.89. The molecular formula is C19H20N4O. The lowest BCUT2D eigenvalue weighted by atomic mass is 10.0. The highest BCUT2D eigenvalue weighted by molar-refractivity contribution is 6.03. The first kappa shape index (κ1) is 15.9. The van der Waals surface area contributed by atoms with Crippen LogP contribution < -0.4 is 5.32 Å². The molecule has 24 heavy (non-hydrogen) atoms. The van der Waals surface area contributed by atoms with E-state index in [4.69, 9.17) is 0 Å². The van der Waals surface area contributed by atoms with E-state index in [-0.39, 0.29) is 5.91 Å². The molecule has 5 nitrogen and oxygen atoms in total. The predicted molar refractivity (Wildman–Crippen MR) is 95.0 cm³/mol. The second-order valence-electron chi connectivity index (χ2n) is 6.01. The molecule has 2 heterocycles. The van der Waals surface area contributed by atoms with E-state index < -0.39 is 0 Å². The number of anilines is 1. The first-order valence-corrected chi connectivity index (χ1v) is 7.79. The Labute approximate surface area is 141 Å². The molecule has 0 spiro atoms. The maximum Gasteiger partial charge on any atom is 0.274 e. The molecule has 2 aromatic heterocycles. The normalized spacial score (nSPS) is 10.7. The van der Waals surface area contributed by atoms with Gasteiger partial charge in [0.15, 0.2) is 0 Å². The summed E-state index contributed by atoms with van der Waals surface area (Å²) >= 11 is 0. The molecule has 0 saturated carbocycles. The van der Waals surface area contributed by atoms with Crippen molar-refractivity contribution in [3.05, 3.63) is 65.2 Å². The Morgan fingerprint density at radius 1 is 1.12 bits per heavy atom. The van der Waals surface area contributed by atoms with Crippen molar-refractivity contribution in [2.45, 2.75) is 20.8 Å². The number of hydrogen-bond acceptors (Lipinski definition) is 3. The summed E-state index contributed by atoms with van der Waals surface area (Å²) in [6, 6.07) is 9.52. The van der Waals surface area contributed by atoms with Gasteiger partial charge in [0.1, 0.15) is 5.69 Å². The number of amides is 1. The summed E-state index contributed by atoms with van der Waals surface area (Å²) in [4.78, 5) is 16.8. The molecular weight excluding hydrogens is 300 g/mol. The second kappa shape index (κ2) is 6.28. The molecule has 0 aliphatic rings. The molecule has 3 aromatic rings. The molecule has 3 rings (SSSR count). The van der Waals surface area contributed by atoms with Gasteiger partial charge in [0.05, 0.1) is 5.69 Å². The molecule has 0 atom stereocenters. The fraction of sp³-hybridized carbons (Fsp3) is 0.211. The Bertz CT molecular complexity index is 911. The largest absolute Gasteiger partial charge is 0.321 e. The minimum atomic E-state index is -0.219. The van der Waals surface area contributed by atoms with E-state index in [1.807, 2.05) is 64.3 Å². The highest BCUT2D eigenvalue weighted by Gasteiger charge is 2.14. The Kier molecular flexibility index (Phi) is 4.16. The minimum absolute atomic E-state index is 0.219. The van der Waals surface area contributed by atoms with Gasteiger partial charge in [0, 0.05) is 30.7 Å². The van der Waals surface area contributed by atoms with Gasteiger partial charge in [-0.2, -0.15) is 5.10 Å². The Morgan fingerprint density at radius 2 is 1.92 bits per heavy atom. The van der Waals surface area contributed by atoms with Gasteiger partial charge in [0.25, 0.3) is 5.91 Å². The molecule has 0 aliphatic carbocycles. The second-order valence-corrected chi connectivity index (χ2v) is 6.01. The zero-order valence-electron chi connectivity index (χ0n) is 14.3. The zero-order valence-corrected chi connectivity index (χ0v) is 14.3. The average Bonchev–Trinajstić information content (AvgIpc) is 2.86. The Balaban J connectivity index is 1.93. The van der Waals surface area contributed by atoms with E-state index in [0.717, 1.165) is 33.6 Å². The first-order chi connectivity index (χ1) is 11.4. The van der Waals surface area contributed by atoms with Crippen molar-refractivity contribution in [3.8, 4) is 11.1 Å². The van der Waals surface area contributed by atoms with Crippen molar-refractivity contribution < 1.29 is 4.79 Å². The summed E-state index contributed by atoms with van der Waals surface area (Å²) in [5.74, 6) is -0.219. The number of aryl methyl sites for hydroxylation is 4. The Hall–Kier alpha value is -2.95. The monoisotopic (exact) mass is 320 g/mol. The van der Waals surface area contributed by atoms with E-state index >= 15 is 0 Å². The molecule has 0 radical (unpaired) electrons. The van der Waals surface area contributed by atoms with Crippen LogP contribution in [0.5, 0.6) is 0 Å². The number of nitrogens with one attached hydrogen (secondary N) is 1. The summed E-state index contributed by atoms with van der Waals surface area (Å²) < 4.78 is 1.77. The van der Waals surface area contributed by atoms with Gasteiger partial charge in [-0.15, -0.1) is 0 Å². The number of rotatable bonds is 3. The van der Waals surface area contributed by atoms with Crippen LogP contribution >= 0.6 is 0 Å². The summed E-state index contributed by atoms with van der Waals surface area (Å²) in [5, 5.41) is 7.27. The highest BCUT2D eigenvalue weighted by atomic mass is 16.1. The molecule has 0 saturated heterocycles. The van der Waals surface area contributed by atoms with Gasteiger partial charge in [0.2, 0.25) is 0 Å². The van der Waals surface area contributed by atoms with Crippen LogP contribution in [0.2, 0.25) is 0 Å². The number of hydrogen-bond donors (Lipinski definition) is 1. The van der Waals surface area contributed by atoms with Crippen molar-refractivity contribution in [1.29, 1.82) is 0 Å². The predicted octanol–water partition coefficient (Wildman–Crippen LogP) is 3.66. The van der Waals surface area contributed by atoms with Crippen LogP contribution in [0.25, 0.3) is 11.1 Å². The van der Waals surface area contributed by atoms with Crippen molar-refractivity contribution in [2.24, 2.45) is 7.05 Å². The molecule has 0 bridgehead atoms. The molecule has 122 valence electrons. The van der Waals surface area contributed by atoms with Gasteiger partial charge in [-0.05, 0) is 55.7 Å². The number of aromatic nitrogens is 3. The first-order valence-electron chi connectivity index (χ1n) is 7.79. The quantitative estimate of drug-likeness (QED) is 0.801. The maximum absolute atomic E-state index is 12.5. The molecule has 0 fully saturated rings. The smallest absolute Gasteiger partial charge is 0.274 e. The number of nitrogens with zero attached hydrogens (tertiary/aromatic N) is 3. The fourth-order valence-electron chi connectivity index (χ4n) is 2.72. The van der Waals surface area contributed by atoms with Gasteiger partial charge >= 0.3 is 0 Å². The standard InChI is InChI=1S/C19H20N4O/c1-12-6-5-7-15(8-12)21-19(24)18-9-16(13(2)10-20-18)17-11-23(4)22-14(17)3/h5-11H,1-4H3,(H,21,24). The van der Waals surface area contributed by atoms with E-state index in [2.05, 4.69) is 15.4 Å². The third kappa shape index (κ3) is 3.20. The third-order valence-electron chi connectivity index (χ3n) is 3.92. The fourth-order valence-corrected chi connectivity index (χ4v) is 2.72. The van der Waals surface area contributed by atoms with Crippen LogP contribution in [-0.4, -0.2) is 20.7 Å². The van der Waals surface area contributed by atoms with Crippen molar-refractivity contribution in [1.82, 2.24) is 14.8 Å². The summed E-state index contributed by atoms with van der Waals surface area (Å²) in [5.41, 5.74) is 6.18. The highest BCUT2D eigenvalue weighted by Crippen LogP contribution is 2.26. The van der Waals surface area contributed by atoms with E-state index in [9.17, 15) is 4.79 Å². The van der Waals surface area contributed by atoms with Gasteiger partial charge in [-0.1, -0.05) is 12.1 Å². The van der Waals surface area contributed by atoms with Crippen LogP contribution in [-0.2, 0) is 7.05 Å². The molecule has 0 unspecified atom stereocenters. The van der Waals surface area contributed by atoms with Crippen molar-refractivity contribution in [3.63, 3.8) is 0 Å². The average molecular weight is 320 g/mol. The van der Waals surface area contributed by atoms with Gasteiger partial charge in [-0.3, -0.25) is 14.5 Å². The van der Waals surface area contributed by atoms with Crippen molar-refractivity contribution in [2.75, 3.05) is 5.32 Å².